The Morgan fingerprint density at radius 3 is 2.77 bits per heavy atom. The van der Waals surface area contributed by atoms with Crippen molar-refractivity contribution in [2.24, 2.45) is 0 Å². The summed E-state index contributed by atoms with van der Waals surface area (Å²) in [6.07, 6.45) is 3.51. The van der Waals surface area contributed by atoms with Crippen molar-refractivity contribution in [3.05, 3.63) is 44.9 Å². The second-order valence-electron chi connectivity index (χ2n) is 8.67. The van der Waals surface area contributed by atoms with Crippen LogP contribution in [0.5, 0.6) is 0 Å². The molecule has 0 bridgehead atoms. The summed E-state index contributed by atoms with van der Waals surface area (Å²) in [4.78, 5) is 49.4. The van der Waals surface area contributed by atoms with Gasteiger partial charge in [0.25, 0.3) is 11.5 Å². The fourth-order valence-corrected chi connectivity index (χ4v) is 4.40. The molecule has 9 heteroatoms. The highest BCUT2D eigenvalue weighted by atomic mass is 16.2. The first-order valence-electron chi connectivity index (χ1n) is 11.1. The summed E-state index contributed by atoms with van der Waals surface area (Å²) in [5.41, 5.74) is 2.43. The minimum atomic E-state index is -0.310. The maximum absolute atomic E-state index is 13.2. The molecule has 2 N–H and O–H groups in total. The highest BCUT2D eigenvalue weighted by molar-refractivity contribution is 5.92. The third-order valence-electron chi connectivity index (χ3n) is 6.27. The van der Waals surface area contributed by atoms with Crippen molar-refractivity contribution in [3.63, 3.8) is 0 Å². The summed E-state index contributed by atoms with van der Waals surface area (Å²) in [5.74, 6) is 0.653. The number of likely N-dealkylation sites (tertiary alicyclic amines) is 1. The number of hydrogen-bond donors (Lipinski definition) is 2. The lowest BCUT2D eigenvalue weighted by Crippen LogP contribution is -2.42. The predicted molar refractivity (Wildman–Crippen MR) is 115 cm³/mol. The van der Waals surface area contributed by atoms with E-state index in [0.717, 1.165) is 25.0 Å². The van der Waals surface area contributed by atoms with Gasteiger partial charge in [-0.3, -0.25) is 19.5 Å². The number of fused-ring (bicyclic) bond motifs is 1. The SMILES string of the molecule is CCC(=O)N1CCc2c(nc(C3CCCCN3C(=O)c3cc(C(C)C)[nH]n3)[nH]c2=O)C1. The highest BCUT2D eigenvalue weighted by Gasteiger charge is 2.33. The lowest BCUT2D eigenvalue weighted by molar-refractivity contribution is -0.131. The molecule has 0 radical (unpaired) electrons. The van der Waals surface area contributed by atoms with Crippen LogP contribution < -0.4 is 5.56 Å². The van der Waals surface area contributed by atoms with E-state index in [1.807, 2.05) is 20.8 Å². The number of aromatic nitrogens is 4. The van der Waals surface area contributed by atoms with E-state index in [9.17, 15) is 14.4 Å². The van der Waals surface area contributed by atoms with Crippen molar-refractivity contribution in [3.8, 4) is 0 Å². The van der Waals surface area contributed by atoms with Crippen molar-refractivity contribution in [1.29, 1.82) is 0 Å². The highest BCUT2D eigenvalue weighted by Crippen LogP contribution is 2.31. The molecular weight excluding hydrogens is 396 g/mol. The molecule has 2 aromatic rings. The topological polar surface area (TPSA) is 115 Å². The van der Waals surface area contributed by atoms with E-state index in [0.29, 0.717) is 55.3 Å². The quantitative estimate of drug-likeness (QED) is 0.778. The number of carbonyl (C=O) groups excluding carboxylic acids is 2. The molecular formula is C22H30N6O3. The lowest BCUT2D eigenvalue weighted by atomic mass is 9.99. The van der Waals surface area contributed by atoms with Gasteiger partial charge in [0.2, 0.25) is 5.91 Å². The minimum absolute atomic E-state index is 0.0586. The van der Waals surface area contributed by atoms with Crippen LogP contribution in [0.1, 0.15) is 91.7 Å². The standard InChI is InChI=1S/C22H30N6O3/c1-4-19(29)27-10-8-14-17(12-27)23-20(24-21(14)30)18-7-5-6-9-28(18)22(31)16-11-15(13(2)3)25-26-16/h11,13,18H,4-10,12H2,1-3H3,(H,25,26)(H,23,24,30). The van der Waals surface area contributed by atoms with Crippen LogP contribution in [0.3, 0.4) is 0 Å². The Morgan fingerprint density at radius 2 is 2.06 bits per heavy atom. The second-order valence-corrected chi connectivity index (χ2v) is 8.67. The monoisotopic (exact) mass is 426 g/mol. The van der Waals surface area contributed by atoms with Gasteiger partial charge in [0.05, 0.1) is 18.3 Å². The fraction of sp³-hybridized carbons (Fsp3) is 0.591. The van der Waals surface area contributed by atoms with Gasteiger partial charge in [-0.25, -0.2) is 4.98 Å². The zero-order valence-electron chi connectivity index (χ0n) is 18.4. The maximum atomic E-state index is 13.2. The molecule has 1 atom stereocenters. The number of piperidine rings is 1. The van der Waals surface area contributed by atoms with E-state index in [2.05, 4.69) is 15.2 Å². The van der Waals surface area contributed by atoms with Crippen LogP contribution in [0.15, 0.2) is 10.9 Å². The Labute approximate surface area is 181 Å². The summed E-state index contributed by atoms with van der Waals surface area (Å²) in [7, 11) is 0. The van der Waals surface area contributed by atoms with Gasteiger partial charge in [0.1, 0.15) is 11.5 Å². The first kappa shape index (κ1) is 21.3. The summed E-state index contributed by atoms with van der Waals surface area (Å²) >= 11 is 0. The van der Waals surface area contributed by atoms with Crippen LogP contribution in [0.4, 0.5) is 0 Å². The summed E-state index contributed by atoms with van der Waals surface area (Å²) < 4.78 is 0. The van der Waals surface area contributed by atoms with Gasteiger partial charge in [-0.1, -0.05) is 20.8 Å². The van der Waals surface area contributed by atoms with Crippen LogP contribution in [0.25, 0.3) is 0 Å². The molecule has 1 unspecified atom stereocenters. The van der Waals surface area contributed by atoms with Gasteiger partial charge in [-0.15, -0.1) is 0 Å². The van der Waals surface area contributed by atoms with Crippen LogP contribution in [-0.4, -0.2) is 54.9 Å². The summed E-state index contributed by atoms with van der Waals surface area (Å²) in [5, 5.41) is 7.16. The molecule has 2 amide bonds. The number of carbonyl (C=O) groups is 2. The lowest BCUT2D eigenvalue weighted by Gasteiger charge is -2.35. The average Bonchev–Trinajstić information content (AvgIpc) is 3.28. The van der Waals surface area contributed by atoms with Gasteiger partial charge in [0.15, 0.2) is 0 Å². The Balaban J connectivity index is 1.64. The molecule has 1 fully saturated rings. The molecule has 0 aromatic carbocycles. The molecule has 9 nitrogen and oxygen atoms in total. The predicted octanol–water partition coefficient (Wildman–Crippen LogP) is 2.28. The Kier molecular flexibility index (Phi) is 5.93. The smallest absolute Gasteiger partial charge is 0.274 e. The number of H-pyrrole nitrogens is 2. The van der Waals surface area contributed by atoms with Crippen LogP contribution in [0.2, 0.25) is 0 Å². The maximum Gasteiger partial charge on any atom is 0.274 e. The van der Waals surface area contributed by atoms with Crippen molar-refractivity contribution < 1.29 is 9.59 Å². The molecule has 2 aliphatic rings. The Bertz CT molecular complexity index is 1040. The third-order valence-corrected chi connectivity index (χ3v) is 6.27. The summed E-state index contributed by atoms with van der Waals surface area (Å²) in [6, 6.07) is 1.49. The van der Waals surface area contributed by atoms with Gasteiger partial charge in [-0.2, -0.15) is 5.10 Å². The second kappa shape index (κ2) is 8.64. The normalized spacial score (nSPS) is 18.9. The first-order valence-corrected chi connectivity index (χ1v) is 11.1. The molecule has 2 aliphatic heterocycles. The van der Waals surface area contributed by atoms with Crippen LogP contribution in [-0.2, 0) is 17.8 Å². The molecule has 1 saturated heterocycles. The number of nitrogens with one attached hydrogen (secondary N) is 2. The zero-order valence-corrected chi connectivity index (χ0v) is 18.4. The minimum Gasteiger partial charge on any atom is -0.336 e. The van der Waals surface area contributed by atoms with E-state index in [-0.39, 0.29) is 29.3 Å². The van der Waals surface area contributed by atoms with Gasteiger partial charge < -0.3 is 14.8 Å². The molecule has 0 saturated carbocycles. The number of aromatic amines is 2. The Hall–Kier alpha value is -2.97. The molecule has 4 heterocycles. The van der Waals surface area contributed by atoms with Gasteiger partial charge >= 0.3 is 0 Å². The molecule has 0 spiro atoms. The van der Waals surface area contributed by atoms with Crippen LogP contribution in [0, 0.1) is 0 Å². The van der Waals surface area contributed by atoms with Gasteiger partial charge in [-0.05, 0) is 37.7 Å². The number of rotatable bonds is 4. The van der Waals surface area contributed by atoms with E-state index in [1.165, 1.54) is 0 Å². The van der Waals surface area contributed by atoms with Crippen molar-refractivity contribution in [2.75, 3.05) is 13.1 Å². The first-order chi connectivity index (χ1) is 14.9. The largest absolute Gasteiger partial charge is 0.336 e. The zero-order chi connectivity index (χ0) is 22.1. The molecule has 0 aliphatic carbocycles. The Morgan fingerprint density at radius 1 is 1.26 bits per heavy atom. The van der Waals surface area contributed by atoms with Crippen molar-refractivity contribution in [1.82, 2.24) is 30.0 Å². The molecule has 4 rings (SSSR count). The van der Waals surface area contributed by atoms with Gasteiger partial charge in [0, 0.05) is 30.8 Å². The van der Waals surface area contributed by atoms with E-state index >= 15 is 0 Å². The molecule has 2 aromatic heterocycles. The van der Waals surface area contributed by atoms with E-state index in [1.54, 1.807) is 15.9 Å². The fourth-order valence-electron chi connectivity index (χ4n) is 4.40. The number of hydrogen-bond acceptors (Lipinski definition) is 5. The van der Waals surface area contributed by atoms with Crippen molar-refractivity contribution >= 4 is 11.8 Å². The van der Waals surface area contributed by atoms with E-state index in [4.69, 9.17) is 4.98 Å². The molecule has 31 heavy (non-hydrogen) atoms. The van der Waals surface area contributed by atoms with E-state index < -0.39 is 0 Å². The van der Waals surface area contributed by atoms with Crippen molar-refractivity contribution in [2.45, 2.75) is 71.4 Å². The number of nitrogens with zero attached hydrogens (tertiary/aromatic N) is 4. The number of amides is 2. The average molecular weight is 427 g/mol. The molecule has 166 valence electrons. The van der Waals surface area contributed by atoms with Crippen LogP contribution >= 0.6 is 0 Å². The summed E-state index contributed by atoms with van der Waals surface area (Å²) in [6.45, 7) is 7.39. The third kappa shape index (κ3) is 4.13.